The summed E-state index contributed by atoms with van der Waals surface area (Å²) in [5, 5.41) is 4.61. The van der Waals surface area contributed by atoms with E-state index in [0.717, 1.165) is 0 Å². The van der Waals surface area contributed by atoms with Crippen molar-refractivity contribution in [3.8, 4) is 0 Å². The molecule has 9 heteroatoms. The maximum Gasteiger partial charge on any atom is 0.359 e. The second kappa shape index (κ2) is 9.17. The lowest BCUT2D eigenvalue weighted by molar-refractivity contribution is -0.129. The topological polar surface area (TPSA) is 97.4 Å². The molecule has 7 nitrogen and oxygen atoms in total. The van der Waals surface area contributed by atoms with E-state index in [1.807, 2.05) is 0 Å². The van der Waals surface area contributed by atoms with Gasteiger partial charge in [-0.1, -0.05) is 53.5 Å². The highest BCUT2D eigenvalue weighted by Crippen LogP contribution is 2.23. The predicted octanol–water partition coefficient (Wildman–Crippen LogP) is 3.13. The number of nitrogens with zero attached hydrogens (tertiary/aromatic N) is 1. The number of ether oxygens (including phenoxy) is 1. The van der Waals surface area contributed by atoms with E-state index in [4.69, 9.17) is 27.9 Å². The van der Waals surface area contributed by atoms with Crippen molar-refractivity contribution in [3.05, 3.63) is 63.9 Å². The summed E-state index contributed by atoms with van der Waals surface area (Å²) in [6.45, 7) is 2.03. The van der Waals surface area contributed by atoms with Gasteiger partial charge in [-0.2, -0.15) is 0 Å². The molecule has 26 heavy (non-hydrogen) atoms. The highest BCUT2D eigenvalue weighted by atomic mass is 35.5. The monoisotopic (exact) mass is 395 g/mol. The van der Waals surface area contributed by atoms with E-state index in [-0.39, 0.29) is 15.9 Å². The zero-order valence-corrected chi connectivity index (χ0v) is 15.2. The summed E-state index contributed by atoms with van der Waals surface area (Å²) in [4.78, 5) is 40.3. The number of halogens is 2. The Balaban J connectivity index is 2.27. The van der Waals surface area contributed by atoms with Gasteiger partial charge in [0.1, 0.15) is 5.15 Å². The number of carbonyl (C=O) groups excluding carboxylic acids is 3. The predicted molar refractivity (Wildman–Crippen MR) is 96.1 cm³/mol. The lowest BCUT2D eigenvalue weighted by Crippen LogP contribution is -2.42. The molecular weight excluding hydrogens is 381 g/mol. The SMILES string of the molecule is CCNC(=O)NC(=O)[C@H](OC(=O)c1nc(Cl)ccc1Cl)c1ccccc1. The van der Waals surface area contributed by atoms with Crippen LogP contribution < -0.4 is 10.6 Å². The third kappa shape index (κ3) is 5.18. The highest BCUT2D eigenvalue weighted by molar-refractivity contribution is 6.34. The van der Waals surface area contributed by atoms with Gasteiger partial charge in [-0.3, -0.25) is 10.1 Å². The number of imide groups is 1. The first kappa shape index (κ1) is 19.7. The lowest BCUT2D eigenvalue weighted by Gasteiger charge is -2.17. The molecule has 0 aliphatic carbocycles. The van der Waals surface area contributed by atoms with Gasteiger partial charge >= 0.3 is 12.0 Å². The first-order chi connectivity index (χ1) is 12.4. The van der Waals surface area contributed by atoms with Crippen molar-refractivity contribution >= 4 is 41.1 Å². The number of aromatic nitrogens is 1. The van der Waals surface area contributed by atoms with Gasteiger partial charge in [-0.15, -0.1) is 0 Å². The molecule has 0 saturated carbocycles. The quantitative estimate of drug-likeness (QED) is 0.598. The van der Waals surface area contributed by atoms with E-state index in [1.54, 1.807) is 37.3 Å². The van der Waals surface area contributed by atoms with E-state index in [2.05, 4.69) is 15.6 Å². The van der Waals surface area contributed by atoms with E-state index < -0.39 is 24.0 Å². The number of urea groups is 1. The van der Waals surface area contributed by atoms with Crippen molar-refractivity contribution in [1.82, 2.24) is 15.6 Å². The molecule has 0 bridgehead atoms. The van der Waals surface area contributed by atoms with Crippen molar-refractivity contribution in [1.29, 1.82) is 0 Å². The van der Waals surface area contributed by atoms with Crippen molar-refractivity contribution in [3.63, 3.8) is 0 Å². The molecule has 0 aliphatic heterocycles. The maximum absolute atomic E-state index is 12.4. The summed E-state index contributed by atoms with van der Waals surface area (Å²) >= 11 is 11.7. The van der Waals surface area contributed by atoms with Crippen LogP contribution in [0.5, 0.6) is 0 Å². The van der Waals surface area contributed by atoms with Crippen LogP contribution in [0.1, 0.15) is 29.1 Å². The van der Waals surface area contributed by atoms with Crippen LogP contribution in [0.3, 0.4) is 0 Å². The van der Waals surface area contributed by atoms with Gasteiger partial charge in [0.2, 0.25) is 6.10 Å². The van der Waals surface area contributed by atoms with Crippen molar-refractivity contribution < 1.29 is 19.1 Å². The van der Waals surface area contributed by atoms with E-state index in [9.17, 15) is 14.4 Å². The number of hydrogen-bond donors (Lipinski definition) is 2. The zero-order valence-electron chi connectivity index (χ0n) is 13.7. The number of rotatable bonds is 5. The Morgan fingerprint density at radius 2 is 1.81 bits per heavy atom. The summed E-state index contributed by atoms with van der Waals surface area (Å²) in [5.41, 5.74) is 0.145. The summed E-state index contributed by atoms with van der Waals surface area (Å²) < 4.78 is 5.26. The smallest absolute Gasteiger partial charge is 0.359 e. The Morgan fingerprint density at radius 3 is 2.46 bits per heavy atom. The number of hydrogen-bond acceptors (Lipinski definition) is 5. The van der Waals surface area contributed by atoms with Gasteiger partial charge < -0.3 is 10.1 Å². The average Bonchev–Trinajstić information content (AvgIpc) is 2.62. The van der Waals surface area contributed by atoms with Gasteiger partial charge in [-0.05, 0) is 19.1 Å². The van der Waals surface area contributed by atoms with E-state index >= 15 is 0 Å². The molecule has 2 rings (SSSR count). The second-order valence-electron chi connectivity index (χ2n) is 5.01. The number of amides is 3. The molecule has 1 aromatic carbocycles. The number of esters is 1. The Hall–Kier alpha value is -2.64. The molecule has 136 valence electrons. The van der Waals surface area contributed by atoms with Gasteiger partial charge in [0.05, 0.1) is 5.02 Å². The zero-order chi connectivity index (χ0) is 19.1. The van der Waals surface area contributed by atoms with E-state index in [1.165, 1.54) is 12.1 Å². The fourth-order valence-electron chi connectivity index (χ4n) is 2.01. The van der Waals surface area contributed by atoms with Crippen LogP contribution in [0.2, 0.25) is 10.2 Å². The normalized spacial score (nSPS) is 11.3. The van der Waals surface area contributed by atoms with Crippen LogP contribution in [0.25, 0.3) is 0 Å². The van der Waals surface area contributed by atoms with Gasteiger partial charge in [-0.25, -0.2) is 14.6 Å². The fourth-order valence-corrected chi connectivity index (χ4v) is 2.34. The standard InChI is InChI=1S/C17H15Cl2N3O4/c1-2-20-17(25)22-15(23)14(10-6-4-3-5-7-10)26-16(24)13-11(18)8-9-12(19)21-13/h3-9,14H,2H2,1H3,(H2,20,22,23,25)/t14-/m1/s1. The minimum atomic E-state index is -1.37. The third-order valence-corrected chi connectivity index (χ3v) is 3.66. The van der Waals surface area contributed by atoms with Crippen molar-refractivity contribution in [2.45, 2.75) is 13.0 Å². The molecular formula is C17H15Cl2N3O4. The summed E-state index contributed by atoms with van der Waals surface area (Å²) in [5.74, 6) is -1.76. The number of carbonyl (C=O) groups is 3. The average molecular weight is 396 g/mol. The minimum absolute atomic E-state index is 0.0235. The van der Waals surface area contributed by atoms with Gasteiger partial charge in [0, 0.05) is 12.1 Å². The molecule has 0 saturated heterocycles. The first-order valence-corrected chi connectivity index (χ1v) is 8.34. The van der Waals surface area contributed by atoms with Crippen LogP contribution in [-0.4, -0.2) is 29.4 Å². The van der Waals surface area contributed by atoms with Crippen LogP contribution in [0.15, 0.2) is 42.5 Å². The lowest BCUT2D eigenvalue weighted by atomic mass is 10.1. The highest BCUT2D eigenvalue weighted by Gasteiger charge is 2.28. The largest absolute Gasteiger partial charge is 0.442 e. The molecule has 2 aromatic rings. The molecule has 1 atom stereocenters. The van der Waals surface area contributed by atoms with Crippen LogP contribution in [-0.2, 0) is 9.53 Å². The van der Waals surface area contributed by atoms with E-state index in [0.29, 0.717) is 12.1 Å². The molecule has 0 radical (unpaired) electrons. The Bertz CT molecular complexity index is 815. The summed E-state index contributed by atoms with van der Waals surface area (Å²) in [6.07, 6.45) is -1.37. The Morgan fingerprint density at radius 1 is 1.12 bits per heavy atom. The molecule has 2 N–H and O–H groups in total. The van der Waals surface area contributed by atoms with Gasteiger partial charge in [0.15, 0.2) is 5.69 Å². The molecule has 1 aromatic heterocycles. The summed E-state index contributed by atoms with van der Waals surface area (Å²) in [6, 6.07) is 10.3. The number of nitrogens with one attached hydrogen (secondary N) is 2. The van der Waals surface area contributed by atoms with Crippen LogP contribution >= 0.6 is 23.2 Å². The third-order valence-electron chi connectivity index (χ3n) is 3.14. The molecule has 0 spiro atoms. The van der Waals surface area contributed by atoms with Crippen LogP contribution in [0, 0.1) is 0 Å². The fraction of sp³-hybridized carbons (Fsp3) is 0.176. The first-order valence-electron chi connectivity index (χ1n) is 7.59. The molecule has 1 heterocycles. The molecule has 0 fully saturated rings. The number of benzene rings is 1. The Kier molecular flexibility index (Phi) is 6.94. The maximum atomic E-state index is 12.4. The molecule has 0 aliphatic rings. The Labute approximate surface area is 159 Å². The van der Waals surface area contributed by atoms with Crippen LogP contribution in [0.4, 0.5) is 4.79 Å². The van der Waals surface area contributed by atoms with Crippen molar-refractivity contribution in [2.24, 2.45) is 0 Å². The second-order valence-corrected chi connectivity index (χ2v) is 5.80. The molecule has 3 amide bonds. The number of pyridine rings is 1. The minimum Gasteiger partial charge on any atom is -0.442 e. The van der Waals surface area contributed by atoms with Gasteiger partial charge in [0.25, 0.3) is 5.91 Å². The van der Waals surface area contributed by atoms with Crippen molar-refractivity contribution in [2.75, 3.05) is 6.54 Å². The summed E-state index contributed by atoms with van der Waals surface area (Å²) in [7, 11) is 0. The molecule has 0 unspecified atom stereocenters.